The summed E-state index contributed by atoms with van der Waals surface area (Å²) in [5.74, 6) is 0.181. The van der Waals surface area contributed by atoms with Gasteiger partial charge in [0.2, 0.25) is 0 Å². The molecule has 0 aliphatic heterocycles. The van der Waals surface area contributed by atoms with Crippen LogP contribution in [0, 0.1) is 0 Å². The van der Waals surface area contributed by atoms with Crippen LogP contribution in [0.3, 0.4) is 0 Å². The van der Waals surface area contributed by atoms with Crippen molar-refractivity contribution in [3.63, 3.8) is 0 Å². The zero-order valence-corrected chi connectivity index (χ0v) is 8.19. The quantitative estimate of drug-likeness (QED) is 0.540. The first kappa shape index (κ1) is 8.38. The molecule has 0 saturated carbocycles. The highest BCUT2D eigenvalue weighted by Gasteiger charge is 2.05. The van der Waals surface area contributed by atoms with Crippen molar-refractivity contribution in [1.82, 2.24) is 0 Å². The third-order valence-corrected chi connectivity index (χ3v) is 3.18. The highest BCUT2D eigenvalue weighted by Crippen LogP contribution is 2.33. The fourth-order valence-electron chi connectivity index (χ4n) is 1.40. The van der Waals surface area contributed by atoms with E-state index >= 15 is 0 Å². The molecule has 3 N–H and O–H groups in total. The Hall–Kier alpha value is -1.22. The van der Waals surface area contributed by atoms with Crippen LogP contribution in [0.15, 0.2) is 17.5 Å². The molecule has 68 valence electrons. The van der Waals surface area contributed by atoms with Crippen LogP contribution in [-0.2, 0) is 6.42 Å². The van der Waals surface area contributed by atoms with E-state index in [9.17, 15) is 5.11 Å². The lowest BCUT2D eigenvalue weighted by molar-refractivity contribution is 0.479. The van der Waals surface area contributed by atoms with Gasteiger partial charge in [-0.2, -0.15) is 0 Å². The van der Waals surface area contributed by atoms with Gasteiger partial charge in [-0.3, -0.25) is 0 Å². The van der Waals surface area contributed by atoms with Crippen molar-refractivity contribution in [2.24, 2.45) is 0 Å². The molecule has 0 atom stereocenters. The maximum atomic E-state index is 9.44. The first-order chi connectivity index (χ1) is 6.22. The molecule has 13 heavy (non-hydrogen) atoms. The summed E-state index contributed by atoms with van der Waals surface area (Å²) in [6.07, 6.45) is 0.989. The van der Waals surface area contributed by atoms with Gasteiger partial charge in [-0.1, -0.05) is 6.92 Å². The van der Waals surface area contributed by atoms with Crippen molar-refractivity contribution in [1.29, 1.82) is 0 Å². The average Bonchev–Trinajstić information content (AvgIpc) is 2.48. The van der Waals surface area contributed by atoms with Gasteiger partial charge in [0.25, 0.3) is 0 Å². The maximum absolute atomic E-state index is 9.44. The number of phenols is 1. The molecular weight excluding hydrogens is 182 g/mol. The molecule has 3 heteroatoms. The first-order valence-corrected chi connectivity index (χ1v) is 5.09. The molecule has 0 unspecified atom stereocenters. The molecule has 0 aliphatic rings. The number of fused-ring (bicyclic) bond motifs is 1. The van der Waals surface area contributed by atoms with Crippen LogP contribution < -0.4 is 5.73 Å². The predicted octanol–water partition coefficient (Wildman–Crippen LogP) is 2.75. The van der Waals surface area contributed by atoms with Crippen molar-refractivity contribution < 1.29 is 5.11 Å². The molecule has 0 radical (unpaired) electrons. The molecule has 0 aliphatic carbocycles. The van der Waals surface area contributed by atoms with E-state index in [-0.39, 0.29) is 5.75 Å². The number of benzene rings is 1. The van der Waals surface area contributed by atoms with Gasteiger partial charge >= 0.3 is 0 Å². The topological polar surface area (TPSA) is 46.2 Å². The molecule has 0 bridgehead atoms. The van der Waals surface area contributed by atoms with Crippen LogP contribution in [0.2, 0.25) is 0 Å². The number of hydrogen-bond acceptors (Lipinski definition) is 3. The zero-order chi connectivity index (χ0) is 9.42. The molecule has 2 nitrogen and oxygen atoms in total. The highest BCUT2D eigenvalue weighted by molar-refractivity contribution is 7.17. The minimum Gasteiger partial charge on any atom is -0.506 e. The second kappa shape index (κ2) is 2.92. The lowest BCUT2D eigenvalue weighted by Crippen LogP contribution is -1.84. The summed E-state index contributed by atoms with van der Waals surface area (Å²) in [7, 11) is 0. The summed E-state index contributed by atoms with van der Waals surface area (Å²) in [6, 6.07) is 3.58. The summed E-state index contributed by atoms with van der Waals surface area (Å²) < 4.78 is 1.15. The smallest absolute Gasteiger partial charge is 0.139 e. The Kier molecular flexibility index (Phi) is 1.88. The number of thiophene rings is 1. The number of nitrogens with two attached hydrogens (primary N) is 1. The van der Waals surface area contributed by atoms with Crippen molar-refractivity contribution in [2.75, 3.05) is 5.73 Å². The number of aromatic hydroxyl groups is 1. The molecule has 0 saturated heterocycles. The van der Waals surface area contributed by atoms with Gasteiger partial charge in [-0.05, 0) is 34.9 Å². The van der Waals surface area contributed by atoms with E-state index in [4.69, 9.17) is 5.73 Å². The Balaban J connectivity index is 2.77. The second-order valence-corrected chi connectivity index (χ2v) is 3.93. The van der Waals surface area contributed by atoms with E-state index in [1.807, 2.05) is 6.07 Å². The van der Waals surface area contributed by atoms with Gasteiger partial charge in [0.15, 0.2) is 0 Å². The van der Waals surface area contributed by atoms with Crippen molar-refractivity contribution in [2.45, 2.75) is 13.3 Å². The summed E-state index contributed by atoms with van der Waals surface area (Å²) >= 11 is 1.67. The van der Waals surface area contributed by atoms with Crippen molar-refractivity contribution in [3.8, 4) is 5.75 Å². The average molecular weight is 193 g/mol. The summed E-state index contributed by atoms with van der Waals surface area (Å²) in [5, 5.41) is 12.7. The van der Waals surface area contributed by atoms with Crippen molar-refractivity contribution in [3.05, 3.63) is 23.1 Å². The number of hydrogen-bond donors (Lipinski definition) is 2. The maximum Gasteiger partial charge on any atom is 0.139 e. The molecular formula is C10H11NOS. The van der Waals surface area contributed by atoms with E-state index in [2.05, 4.69) is 12.3 Å². The number of aryl methyl sites for hydroxylation is 1. The molecule has 0 spiro atoms. The third kappa shape index (κ3) is 1.25. The number of anilines is 1. The zero-order valence-electron chi connectivity index (χ0n) is 7.37. The molecule has 0 amide bonds. The van der Waals surface area contributed by atoms with Gasteiger partial charge in [0.1, 0.15) is 5.75 Å². The van der Waals surface area contributed by atoms with Crippen LogP contribution in [0.25, 0.3) is 10.1 Å². The summed E-state index contributed by atoms with van der Waals surface area (Å²) in [6.45, 7) is 2.11. The van der Waals surface area contributed by atoms with Gasteiger partial charge in [0, 0.05) is 4.70 Å². The lowest BCUT2D eigenvalue weighted by atomic mass is 10.1. The molecule has 1 aromatic heterocycles. The highest BCUT2D eigenvalue weighted by atomic mass is 32.1. The SMILES string of the molecule is CCc1csc2cc(N)c(O)cc12. The third-order valence-electron chi connectivity index (χ3n) is 2.18. The number of nitrogen functional groups attached to an aromatic ring is 1. The monoisotopic (exact) mass is 193 g/mol. The van der Waals surface area contributed by atoms with Gasteiger partial charge in [-0.15, -0.1) is 11.3 Å². The van der Waals surface area contributed by atoms with E-state index in [1.165, 1.54) is 5.56 Å². The Morgan fingerprint density at radius 3 is 2.92 bits per heavy atom. The van der Waals surface area contributed by atoms with Gasteiger partial charge < -0.3 is 10.8 Å². The Morgan fingerprint density at radius 1 is 1.46 bits per heavy atom. The van der Waals surface area contributed by atoms with Crippen LogP contribution in [0.1, 0.15) is 12.5 Å². The second-order valence-electron chi connectivity index (χ2n) is 3.02. The van der Waals surface area contributed by atoms with E-state index in [0.29, 0.717) is 5.69 Å². The van der Waals surface area contributed by atoms with Gasteiger partial charge in [0.05, 0.1) is 5.69 Å². The van der Waals surface area contributed by atoms with E-state index in [1.54, 1.807) is 17.4 Å². The van der Waals surface area contributed by atoms with Crippen LogP contribution in [0.5, 0.6) is 5.75 Å². The molecule has 2 aromatic rings. The first-order valence-electron chi connectivity index (χ1n) is 4.21. The minimum absolute atomic E-state index is 0.181. The van der Waals surface area contributed by atoms with Crippen LogP contribution in [0.4, 0.5) is 5.69 Å². The number of rotatable bonds is 1. The van der Waals surface area contributed by atoms with Crippen molar-refractivity contribution >= 4 is 27.1 Å². The number of phenolic OH excluding ortho intramolecular Hbond substituents is 1. The Labute approximate surface area is 80.6 Å². The standard InChI is InChI=1S/C10H11NOS/c1-2-6-5-13-10-4-8(11)9(12)3-7(6)10/h3-5,12H,2,11H2,1H3. The summed E-state index contributed by atoms with van der Waals surface area (Å²) in [5.41, 5.74) is 7.32. The molecule has 1 aromatic carbocycles. The molecule has 0 fully saturated rings. The van der Waals surface area contributed by atoms with Crippen LogP contribution in [-0.4, -0.2) is 5.11 Å². The predicted molar refractivity (Wildman–Crippen MR) is 57.3 cm³/mol. The minimum atomic E-state index is 0.181. The normalized spacial score (nSPS) is 10.8. The fraction of sp³-hybridized carbons (Fsp3) is 0.200. The largest absolute Gasteiger partial charge is 0.506 e. The van der Waals surface area contributed by atoms with E-state index < -0.39 is 0 Å². The fourth-order valence-corrected chi connectivity index (χ4v) is 2.48. The summed E-state index contributed by atoms with van der Waals surface area (Å²) in [4.78, 5) is 0. The Morgan fingerprint density at radius 2 is 2.23 bits per heavy atom. The van der Waals surface area contributed by atoms with Gasteiger partial charge in [-0.25, -0.2) is 0 Å². The van der Waals surface area contributed by atoms with Crippen LogP contribution >= 0.6 is 11.3 Å². The van der Waals surface area contributed by atoms with E-state index in [0.717, 1.165) is 16.5 Å². The molecule has 1 heterocycles. The molecule has 2 rings (SSSR count). The lowest BCUT2D eigenvalue weighted by Gasteiger charge is -1.99. The Bertz CT molecular complexity index is 447.